The molecular weight excluding hydrogens is 539 g/mol. The van der Waals surface area contributed by atoms with E-state index in [-0.39, 0.29) is 28.8 Å². The lowest BCUT2D eigenvalue weighted by molar-refractivity contribution is -0.130. The predicted octanol–water partition coefficient (Wildman–Crippen LogP) is 4.49. The van der Waals surface area contributed by atoms with Crippen molar-refractivity contribution in [3.8, 4) is 0 Å². The van der Waals surface area contributed by atoms with E-state index in [1.54, 1.807) is 31.0 Å². The maximum Gasteiger partial charge on any atom is 0.413 e. The molecule has 0 radical (unpaired) electrons. The van der Waals surface area contributed by atoms with Gasteiger partial charge in [0, 0.05) is 44.2 Å². The summed E-state index contributed by atoms with van der Waals surface area (Å²) in [5, 5.41) is 9.75. The number of unbranched alkanes of at least 4 members (excludes halogenated alkanes) is 1. The molecule has 0 aliphatic carbocycles. The number of hydrogen-bond donors (Lipinski definition) is 1. The first-order valence-corrected chi connectivity index (χ1v) is 13.9. The molecule has 0 fully saturated rings. The number of carbonyl (C=O) groups is 2. The first-order chi connectivity index (χ1) is 17.4. The summed E-state index contributed by atoms with van der Waals surface area (Å²) in [5.41, 5.74) is 2.24. The van der Waals surface area contributed by atoms with Gasteiger partial charge >= 0.3 is 6.09 Å². The number of aliphatic imine (C=N–C) groups is 1. The van der Waals surface area contributed by atoms with Gasteiger partial charge in [-0.05, 0) is 43.0 Å². The molecule has 1 heterocycles. The standard InChI is InChI=1S/C25H30Cl2N4O5S/c1-17-14-22(21(27)15-20(17)26)37(35,36)30(3)12-5-4-6-23(32)29(2)16-18-7-9-19(10-8-18)24-28-11-13-31(24)25(33)34/h7-10,14-15H,4-6,11-13,16H2,1-3H3,(H,33,34). The fourth-order valence-electron chi connectivity index (χ4n) is 3.92. The minimum atomic E-state index is -3.78. The van der Waals surface area contributed by atoms with Gasteiger partial charge in [0.25, 0.3) is 0 Å². The number of carboxylic acid groups (broad SMARTS) is 1. The highest BCUT2D eigenvalue weighted by Crippen LogP contribution is 2.30. The lowest BCUT2D eigenvalue weighted by Crippen LogP contribution is -2.33. The molecule has 200 valence electrons. The third-order valence-corrected chi connectivity index (χ3v) is 8.87. The van der Waals surface area contributed by atoms with Crippen LogP contribution in [0.2, 0.25) is 10.0 Å². The Morgan fingerprint density at radius 3 is 2.41 bits per heavy atom. The van der Waals surface area contributed by atoms with Gasteiger partial charge in [-0.3, -0.25) is 14.7 Å². The second-order valence-corrected chi connectivity index (χ2v) is 11.7. The van der Waals surface area contributed by atoms with Gasteiger partial charge in [0.15, 0.2) is 0 Å². The second-order valence-electron chi connectivity index (χ2n) is 8.90. The van der Waals surface area contributed by atoms with Crippen molar-refractivity contribution in [3.05, 3.63) is 63.1 Å². The molecule has 37 heavy (non-hydrogen) atoms. The quantitative estimate of drug-likeness (QED) is 0.424. The highest BCUT2D eigenvalue weighted by molar-refractivity contribution is 7.89. The Kier molecular flexibility index (Phi) is 9.57. The van der Waals surface area contributed by atoms with Crippen molar-refractivity contribution in [2.75, 3.05) is 33.7 Å². The Morgan fingerprint density at radius 1 is 1.08 bits per heavy atom. The molecule has 12 heteroatoms. The average Bonchev–Trinajstić information content (AvgIpc) is 3.34. The van der Waals surface area contributed by atoms with Crippen molar-refractivity contribution in [2.24, 2.45) is 4.99 Å². The molecule has 0 spiro atoms. The van der Waals surface area contributed by atoms with Crippen LogP contribution in [-0.2, 0) is 21.4 Å². The highest BCUT2D eigenvalue weighted by atomic mass is 35.5. The number of amidine groups is 1. The molecule has 2 aromatic carbocycles. The molecule has 0 saturated heterocycles. The first kappa shape index (κ1) is 28.9. The van der Waals surface area contributed by atoms with E-state index in [1.807, 2.05) is 12.1 Å². The smallest absolute Gasteiger partial charge is 0.413 e. The lowest BCUT2D eigenvalue weighted by Gasteiger charge is -2.20. The Hall–Kier alpha value is -2.66. The summed E-state index contributed by atoms with van der Waals surface area (Å²) in [7, 11) is -0.582. The normalized spacial score (nSPS) is 13.7. The molecule has 0 saturated carbocycles. The number of sulfonamides is 1. The summed E-state index contributed by atoms with van der Waals surface area (Å²) < 4.78 is 27.0. The predicted molar refractivity (Wildman–Crippen MR) is 144 cm³/mol. The zero-order valence-electron chi connectivity index (χ0n) is 20.9. The Labute approximate surface area is 227 Å². The topological polar surface area (TPSA) is 111 Å². The SMILES string of the molecule is Cc1cc(S(=O)(=O)N(C)CCCCC(=O)N(C)Cc2ccc(C3=NCCN3C(=O)O)cc2)c(Cl)cc1Cl. The largest absolute Gasteiger partial charge is 0.465 e. The maximum absolute atomic E-state index is 12.9. The summed E-state index contributed by atoms with van der Waals surface area (Å²) in [6.07, 6.45) is 0.294. The molecule has 1 aliphatic heterocycles. The number of halogens is 2. The first-order valence-electron chi connectivity index (χ1n) is 11.7. The zero-order chi connectivity index (χ0) is 27.3. The number of amides is 2. The van der Waals surface area contributed by atoms with Crippen molar-refractivity contribution in [1.82, 2.24) is 14.1 Å². The third-order valence-electron chi connectivity index (χ3n) is 6.14. The molecule has 2 aromatic rings. The van der Waals surface area contributed by atoms with Crippen LogP contribution in [0.15, 0.2) is 46.3 Å². The van der Waals surface area contributed by atoms with Crippen LogP contribution >= 0.6 is 23.2 Å². The lowest BCUT2D eigenvalue weighted by atomic mass is 10.1. The summed E-state index contributed by atoms with van der Waals surface area (Å²) in [6.45, 7) is 3.15. The average molecular weight is 570 g/mol. The minimum absolute atomic E-state index is 0.0102. The summed E-state index contributed by atoms with van der Waals surface area (Å²) in [5.74, 6) is 0.382. The van der Waals surface area contributed by atoms with Crippen molar-refractivity contribution in [3.63, 3.8) is 0 Å². The van der Waals surface area contributed by atoms with E-state index in [9.17, 15) is 23.1 Å². The van der Waals surface area contributed by atoms with Crippen molar-refractivity contribution < 1.29 is 23.1 Å². The highest BCUT2D eigenvalue weighted by Gasteiger charge is 2.25. The molecule has 0 bridgehead atoms. The van der Waals surface area contributed by atoms with Crippen molar-refractivity contribution >= 4 is 51.1 Å². The second kappa shape index (κ2) is 12.3. The number of aryl methyl sites for hydroxylation is 1. The molecule has 2 amide bonds. The molecule has 1 N–H and O–H groups in total. The van der Waals surface area contributed by atoms with Crippen molar-refractivity contribution in [2.45, 2.75) is 37.6 Å². The van der Waals surface area contributed by atoms with Gasteiger partial charge in [0.2, 0.25) is 15.9 Å². The summed E-state index contributed by atoms with van der Waals surface area (Å²) >= 11 is 12.1. The van der Waals surface area contributed by atoms with Gasteiger partial charge in [-0.1, -0.05) is 47.5 Å². The van der Waals surface area contributed by atoms with Gasteiger partial charge < -0.3 is 10.0 Å². The van der Waals surface area contributed by atoms with Gasteiger partial charge in [0.1, 0.15) is 10.7 Å². The Bertz CT molecular complexity index is 1300. The van der Waals surface area contributed by atoms with Crippen molar-refractivity contribution in [1.29, 1.82) is 0 Å². The fraction of sp³-hybridized carbons (Fsp3) is 0.400. The molecule has 0 unspecified atom stereocenters. The van der Waals surface area contributed by atoms with Gasteiger partial charge in [-0.15, -0.1) is 0 Å². The van der Waals surface area contributed by atoms with E-state index in [1.165, 1.54) is 28.4 Å². The molecule has 0 aromatic heterocycles. The van der Waals surface area contributed by atoms with Crippen LogP contribution in [0.3, 0.4) is 0 Å². The van der Waals surface area contributed by atoms with E-state index in [2.05, 4.69) is 4.99 Å². The van der Waals surface area contributed by atoms with E-state index in [0.717, 1.165) is 5.56 Å². The third kappa shape index (κ3) is 7.01. The van der Waals surface area contributed by atoms with E-state index in [4.69, 9.17) is 23.2 Å². The van der Waals surface area contributed by atoms with Crippen LogP contribution in [-0.4, -0.2) is 79.2 Å². The number of rotatable bonds is 10. The van der Waals surface area contributed by atoms with Gasteiger partial charge in [0.05, 0.1) is 18.1 Å². The molecular formula is C25H30Cl2N4O5S. The van der Waals surface area contributed by atoms with E-state index >= 15 is 0 Å². The molecule has 1 aliphatic rings. The van der Waals surface area contributed by atoms with Crippen LogP contribution in [0.4, 0.5) is 4.79 Å². The number of hydrogen-bond acceptors (Lipinski definition) is 5. The molecule has 9 nitrogen and oxygen atoms in total. The Morgan fingerprint density at radius 2 is 1.76 bits per heavy atom. The number of nitrogens with zero attached hydrogens (tertiary/aromatic N) is 4. The van der Waals surface area contributed by atoms with Gasteiger partial charge in [-0.25, -0.2) is 17.5 Å². The maximum atomic E-state index is 12.9. The monoisotopic (exact) mass is 568 g/mol. The summed E-state index contributed by atoms with van der Waals surface area (Å²) in [4.78, 5) is 31.0. The van der Waals surface area contributed by atoms with Gasteiger partial charge in [-0.2, -0.15) is 0 Å². The van der Waals surface area contributed by atoms with Crippen LogP contribution in [0, 0.1) is 6.92 Å². The Balaban J connectivity index is 1.47. The van der Waals surface area contributed by atoms with E-state index < -0.39 is 16.1 Å². The number of benzene rings is 2. The van der Waals surface area contributed by atoms with E-state index in [0.29, 0.717) is 54.5 Å². The molecule has 0 atom stereocenters. The fourth-order valence-corrected chi connectivity index (χ4v) is 5.93. The van der Waals surface area contributed by atoms with Crippen LogP contribution < -0.4 is 0 Å². The minimum Gasteiger partial charge on any atom is -0.465 e. The summed E-state index contributed by atoms with van der Waals surface area (Å²) in [6, 6.07) is 10.2. The van der Waals surface area contributed by atoms with Crippen LogP contribution in [0.5, 0.6) is 0 Å². The van der Waals surface area contributed by atoms with Crippen LogP contribution in [0.25, 0.3) is 0 Å². The zero-order valence-corrected chi connectivity index (χ0v) is 23.3. The van der Waals surface area contributed by atoms with Crippen LogP contribution in [0.1, 0.15) is 36.0 Å². The molecule has 3 rings (SSSR count). The number of carbonyl (C=O) groups excluding carboxylic acids is 1.